The molecule has 424 valence electrons. The molecule has 0 fully saturated rings. The lowest BCUT2D eigenvalue weighted by atomic mass is 9.30. The van der Waals surface area contributed by atoms with Gasteiger partial charge in [0.2, 0.25) is 0 Å². The highest BCUT2D eigenvalue weighted by Crippen LogP contribution is 2.51. The van der Waals surface area contributed by atoms with E-state index in [4.69, 9.17) is 9.97 Å². The highest BCUT2D eigenvalue weighted by molar-refractivity contribution is 7.03. The second kappa shape index (κ2) is 20.1. The van der Waals surface area contributed by atoms with Crippen molar-refractivity contribution in [1.82, 2.24) is 19.1 Å². The van der Waals surface area contributed by atoms with Gasteiger partial charge < -0.3 is 19.6 Å². The van der Waals surface area contributed by atoms with Crippen molar-refractivity contribution >= 4 is 137 Å². The number of imidazole rings is 2. The quantitative estimate of drug-likeness (QED) is 0.127. The molecule has 4 aliphatic rings. The van der Waals surface area contributed by atoms with Crippen LogP contribution in [0.15, 0.2) is 309 Å². The molecule has 8 nitrogen and oxygen atoms in total. The van der Waals surface area contributed by atoms with Crippen LogP contribution in [0.25, 0.3) is 56.2 Å². The Hall–Kier alpha value is -11.9. The Balaban J connectivity index is 0.964. The largest absolute Gasteiger partial charge is 0.311 e. The summed E-state index contributed by atoms with van der Waals surface area (Å²) in [5, 5.41) is 0. The van der Waals surface area contributed by atoms with Gasteiger partial charge in [-0.2, -0.15) is 0 Å². The molecule has 0 radical (unpaired) electrons. The first-order valence-corrected chi connectivity index (χ1v) is 31.3. The summed E-state index contributed by atoms with van der Waals surface area (Å²) in [6, 6.07) is 113. The van der Waals surface area contributed by atoms with Gasteiger partial charge in [0.25, 0.3) is 13.4 Å². The predicted octanol–water partition coefficient (Wildman–Crippen LogP) is 16.2. The van der Waals surface area contributed by atoms with Gasteiger partial charge in [-0.25, -0.2) is 9.97 Å². The third kappa shape index (κ3) is 7.60. The van der Waals surface area contributed by atoms with E-state index in [0.717, 1.165) is 124 Å². The molecule has 0 atom stereocenters. The molecule has 15 aromatic rings. The van der Waals surface area contributed by atoms with Crippen LogP contribution in [-0.4, -0.2) is 32.5 Å². The van der Waals surface area contributed by atoms with Gasteiger partial charge in [0, 0.05) is 79.4 Å². The summed E-state index contributed by atoms with van der Waals surface area (Å²) in [4.78, 5) is 21.3. The van der Waals surface area contributed by atoms with Crippen LogP contribution < -0.4 is 52.4 Å². The predicted molar refractivity (Wildman–Crippen MR) is 379 cm³/mol. The van der Waals surface area contributed by atoms with E-state index in [0.29, 0.717) is 0 Å². The number of benzene rings is 13. The van der Waals surface area contributed by atoms with E-state index < -0.39 is 0 Å². The lowest BCUT2D eigenvalue weighted by molar-refractivity contribution is 1.10. The van der Waals surface area contributed by atoms with Crippen LogP contribution in [0, 0.1) is 6.92 Å². The van der Waals surface area contributed by atoms with Crippen molar-refractivity contribution in [2.75, 3.05) is 19.6 Å². The average Bonchev–Trinajstić information content (AvgIpc) is 1.61. The van der Waals surface area contributed by atoms with E-state index in [1.807, 2.05) is 0 Å². The van der Waals surface area contributed by atoms with Crippen molar-refractivity contribution in [2.24, 2.45) is 0 Å². The number of rotatable bonds is 10. The lowest BCUT2D eigenvalue weighted by Gasteiger charge is -2.46. The Morgan fingerprint density at radius 3 is 0.967 bits per heavy atom. The molecule has 13 aromatic carbocycles. The first-order chi connectivity index (χ1) is 45.1. The Kier molecular flexibility index (Phi) is 11.3. The first-order valence-electron chi connectivity index (χ1n) is 31.3. The Morgan fingerprint density at radius 1 is 0.297 bits per heavy atom. The van der Waals surface area contributed by atoms with Gasteiger partial charge in [-0.1, -0.05) is 200 Å². The van der Waals surface area contributed by atoms with Gasteiger partial charge in [-0.05, 0) is 154 Å². The molecule has 0 spiro atoms. The van der Waals surface area contributed by atoms with Crippen molar-refractivity contribution in [3.8, 4) is 34.2 Å². The monoisotopic (exact) mass is 1160 g/mol. The zero-order valence-corrected chi connectivity index (χ0v) is 49.7. The number of hydrogen-bond donors (Lipinski definition) is 0. The number of nitrogens with zero attached hydrogens (tertiary/aromatic N) is 8. The van der Waals surface area contributed by atoms with E-state index in [1.54, 1.807) is 0 Å². The molecule has 0 aliphatic carbocycles. The molecular formula is C81H54B2N8. The maximum atomic E-state index is 5.64. The summed E-state index contributed by atoms with van der Waals surface area (Å²) >= 11 is 0. The van der Waals surface area contributed by atoms with Crippen molar-refractivity contribution in [3.05, 3.63) is 315 Å². The molecule has 10 heteroatoms. The maximum absolute atomic E-state index is 5.64. The minimum atomic E-state index is -0.204. The molecule has 6 heterocycles. The van der Waals surface area contributed by atoms with Gasteiger partial charge in [0.05, 0.1) is 33.4 Å². The molecular weight excluding hydrogens is 1110 g/mol. The molecule has 19 rings (SSSR count). The van der Waals surface area contributed by atoms with Gasteiger partial charge >= 0.3 is 0 Å². The summed E-state index contributed by atoms with van der Waals surface area (Å²) < 4.78 is 4.95. The van der Waals surface area contributed by atoms with E-state index in [2.05, 4.69) is 345 Å². The van der Waals surface area contributed by atoms with E-state index in [9.17, 15) is 0 Å². The Labute approximate surface area is 528 Å². The standard InChI is InChI=1S/C81H54B2N8/c1-53-76-66(82-64-44-26-46-68-78(64)90(80(84-68)54-28-10-2-11-29-54)72-50-62(48-70(74(72)82)88(76)60-40-22-8-23-41-60)86(56-32-14-4-15-33-56)57-34-16-5-17-35-57)52-67-77(53)89(61-42-24-9-25-43-61)71-49-63(87(58-36-18-6-19-37-58)59-38-20-7-21-39-59)51-73-75(71)83(67)65-45-27-47-69-79(65)91(73)81(85-69)55-30-12-3-13-31-55/h2-52H,1H3. The van der Waals surface area contributed by atoms with Crippen LogP contribution in [0.1, 0.15) is 5.56 Å². The van der Waals surface area contributed by atoms with E-state index >= 15 is 0 Å². The Bertz CT molecular complexity index is 4970. The van der Waals surface area contributed by atoms with Crippen molar-refractivity contribution in [2.45, 2.75) is 6.92 Å². The third-order valence-corrected chi connectivity index (χ3v) is 19.1. The summed E-state index contributed by atoms with van der Waals surface area (Å²) in [5.74, 6) is 1.82. The van der Waals surface area contributed by atoms with Crippen LogP contribution in [-0.2, 0) is 0 Å². The molecule has 0 amide bonds. The fourth-order valence-corrected chi connectivity index (χ4v) is 15.6. The molecule has 0 saturated heterocycles. The maximum Gasteiger partial charge on any atom is 0.252 e. The van der Waals surface area contributed by atoms with Crippen LogP contribution in [0.4, 0.5) is 68.2 Å². The Morgan fingerprint density at radius 2 is 0.615 bits per heavy atom. The van der Waals surface area contributed by atoms with Crippen molar-refractivity contribution in [1.29, 1.82) is 0 Å². The van der Waals surface area contributed by atoms with Crippen LogP contribution in [0.2, 0.25) is 0 Å². The molecule has 0 saturated carbocycles. The number of fused-ring (bicyclic) bond motifs is 8. The lowest BCUT2D eigenvalue weighted by Crippen LogP contribution is -2.65. The zero-order valence-electron chi connectivity index (χ0n) is 49.7. The van der Waals surface area contributed by atoms with Crippen molar-refractivity contribution in [3.63, 3.8) is 0 Å². The van der Waals surface area contributed by atoms with Gasteiger partial charge in [0.15, 0.2) is 0 Å². The summed E-state index contributed by atoms with van der Waals surface area (Å²) in [6.45, 7) is 1.99. The molecule has 2 aromatic heterocycles. The third-order valence-electron chi connectivity index (χ3n) is 19.1. The van der Waals surface area contributed by atoms with Crippen LogP contribution in [0.3, 0.4) is 0 Å². The smallest absolute Gasteiger partial charge is 0.252 e. The molecule has 91 heavy (non-hydrogen) atoms. The molecule has 0 bridgehead atoms. The first kappa shape index (κ1) is 51.2. The normalized spacial score (nSPS) is 12.8. The summed E-state index contributed by atoms with van der Waals surface area (Å²) in [5.41, 5.74) is 30.1. The molecule has 0 N–H and O–H groups in total. The van der Waals surface area contributed by atoms with Gasteiger partial charge in [-0.15, -0.1) is 0 Å². The number of aromatic nitrogens is 4. The summed E-state index contributed by atoms with van der Waals surface area (Å²) in [6.07, 6.45) is 0. The zero-order chi connectivity index (χ0) is 59.8. The topological polar surface area (TPSA) is 48.6 Å². The minimum absolute atomic E-state index is 0.204. The summed E-state index contributed by atoms with van der Waals surface area (Å²) in [7, 11) is 0. The SMILES string of the molecule is Cc1c2c(cc3c1N(c1ccccc1)c1cc(N(c4ccccc4)c4ccccc4)cc4c1B3c1cccc3nc(-c5ccccc5)n-4c13)B1c3c(cc(N(c4ccccc4)c4ccccc4)cc3-n3c(-c4ccccc4)nc4cccc1c43)N2c1ccccc1. The molecule has 0 unspecified atom stereocenters. The van der Waals surface area contributed by atoms with Gasteiger partial charge in [-0.3, -0.25) is 9.13 Å². The van der Waals surface area contributed by atoms with E-state index in [1.165, 1.54) is 38.3 Å². The van der Waals surface area contributed by atoms with Crippen LogP contribution in [0.5, 0.6) is 0 Å². The highest BCUT2D eigenvalue weighted by Gasteiger charge is 2.49. The van der Waals surface area contributed by atoms with Crippen molar-refractivity contribution < 1.29 is 0 Å². The fraction of sp³-hybridized carbons (Fsp3) is 0.0123. The minimum Gasteiger partial charge on any atom is -0.311 e. The number of anilines is 12. The van der Waals surface area contributed by atoms with Crippen LogP contribution >= 0.6 is 0 Å². The average molecular weight is 1160 g/mol. The van der Waals surface area contributed by atoms with Gasteiger partial charge in [0.1, 0.15) is 11.6 Å². The van der Waals surface area contributed by atoms with E-state index in [-0.39, 0.29) is 13.4 Å². The molecule has 4 aliphatic heterocycles. The highest BCUT2D eigenvalue weighted by atomic mass is 15.2. The number of para-hydroxylation sites is 8. The number of hydrogen-bond acceptors (Lipinski definition) is 6. The fourth-order valence-electron chi connectivity index (χ4n) is 15.6. The second-order valence-corrected chi connectivity index (χ2v) is 24.1. The second-order valence-electron chi connectivity index (χ2n) is 24.1.